The Bertz CT molecular complexity index is 737. The molecule has 0 saturated heterocycles. The number of aliphatic hydroxyl groups is 1. The highest BCUT2D eigenvalue weighted by atomic mass is 16.3. The summed E-state index contributed by atoms with van der Waals surface area (Å²) in [6, 6.07) is 9.12. The number of anilines is 1. The van der Waals surface area contributed by atoms with E-state index in [4.69, 9.17) is 0 Å². The second-order valence-corrected chi connectivity index (χ2v) is 5.86. The maximum Gasteiger partial charge on any atom is 0.313 e. The van der Waals surface area contributed by atoms with Crippen molar-refractivity contribution in [3.8, 4) is 0 Å². The highest BCUT2D eigenvalue weighted by molar-refractivity contribution is 6.39. The number of aliphatic hydroxyl groups excluding tert-OH is 1. The molecule has 24 heavy (non-hydrogen) atoms. The van der Waals surface area contributed by atoms with Crippen molar-refractivity contribution in [1.29, 1.82) is 0 Å². The summed E-state index contributed by atoms with van der Waals surface area (Å²) in [7, 11) is 1.84. The largest absolute Gasteiger partial charge is 0.387 e. The van der Waals surface area contributed by atoms with Gasteiger partial charge in [-0.3, -0.25) is 9.59 Å². The van der Waals surface area contributed by atoms with Gasteiger partial charge in [-0.2, -0.15) is 0 Å². The van der Waals surface area contributed by atoms with Gasteiger partial charge in [-0.05, 0) is 55.7 Å². The number of aryl methyl sites for hydroxylation is 3. The zero-order valence-electron chi connectivity index (χ0n) is 14.2. The number of nitrogens with one attached hydrogen (secondary N) is 2. The number of hydrogen-bond acceptors (Lipinski definition) is 3. The third-order valence-corrected chi connectivity index (χ3v) is 4.00. The molecule has 0 aliphatic heterocycles. The smallest absolute Gasteiger partial charge is 0.313 e. The zero-order chi connectivity index (χ0) is 17.7. The Kier molecular flexibility index (Phi) is 5.76. The molecule has 1 aromatic heterocycles. The highest BCUT2D eigenvalue weighted by Gasteiger charge is 2.15. The number of hydrogen-bond donors (Lipinski definition) is 3. The Hall–Kier alpha value is -2.60. The summed E-state index contributed by atoms with van der Waals surface area (Å²) in [5.41, 5.74) is 3.51. The summed E-state index contributed by atoms with van der Waals surface area (Å²) in [5.74, 6) is -1.43. The third kappa shape index (κ3) is 4.45. The highest BCUT2D eigenvalue weighted by Crippen LogP contribution is 2.16. The number of nitrogens with zero attached hydrogens (tertiary/aromatic N) is 1. The van der Waals surface area contributed by atoms with Crippen LogP contribution in [0.5, 0.6) is 0 Å². The minimum Gasteiger partial charge on any atom is -0.387 e. The van der Waals surface area contributed by atoms with Crippen LogP contribution >= 0.6 is 0 Å². The number of amides is 2. The molecule has 0 aliphatic rings. The van der Waals surface area contributed by atoms with Crippen molar-refractivity contribution in [1.82, 2.24) is 9.88 Å². The predicted octanol–water partition coefficient (Wildman–Crippen LogP) is 1.82. The fourth-order valence-corrected chi connectivity index (χ4v) is 2.38. The Labute approximate surface area is 141 Å². The van der Waals surface area contributed by atoms with Crippen molar-refractivity contribution in [2.24, 2.45) is 7.05 Å². The van der Waals surface area contributed by atoms with Crippen molar-refractivity contribution < 1.29 is 14.7 Å². The standard InChI is InChI=1S/C18H23N3O3/c1-12-6-7-14(11-13(12)2)20-18(24)17(23)19-9-8-16(22)15-5-4-10-21(15)3/h4-7,10-11,16,22H,8-9H2,1-3H3,(H,19,23)(H,20,24)/t16-/m1/s1. The fraction of sp³-hybridized carbons (Fsp3) is 0.333. The van der Waals surface area contributed by atoms with Gasteiger partial charge in [-0.1, -0.05) is 6.07 Å². The molecule has 1 atom stereocenters. The molecule has 6 heteroatoms. The van der Waals surface area contributed by atoms with E-state index in [-0.39, 0.29) is 6.54 Å². The maximum absolute atomic E-state index is 11.9. The molecule has 6 nitrogen and oxygen atoms in total. The number of carbonyl (C=O) groups excluding carboxylic acids is 2. The summed E-state index contributed by atoms with van der Waals surface area (Å²) in [4.78, 5) is 23.7. The second-order valence-electron chi connectivity index (χ2n) is 5.86. The van der Waals surface area contributed by atoms with E-state index in [9.17, 15) is 14.7 Å². The molecule has 1 heterocycles. The molecule has 2 rings (SSSR count). The minimum atomic E-state index is -0.716. The number of carbonyl (C=O) groups is 2. The van der Waals surface area contributed by atoms with E-state index in [0.717, 1.165) is 16.8 Å². The lowest BCUT2D eigenvalue weighted by Crippen LogP contribution is -2.36. The van der Waals surface area contributed by atoms with Crippen LogP contribution < -0.4 is 10.6 Å². The molecular weight excluding hydrogens is 306 g/mol. The van der Waals surface area contributed by atoms with Crippen LogP contribution in [0.3, 0.4) is 0 Å². The van der Waals surface area contributed by atoms with E-state index in [1.165, 1.54) is 0 Å². The van der Waals surface area contributed by atoms with Crippen LogP contribution in [-0.4, -0.2) is 28.0 Å². The van der Waals surface area contributed by atoms with E-state index in [2.05, 4.69) is 10.6 Å². The molecule has 0 radical (unpaired) electrons. The van der Waals surface area contributed by atoms with E-state index < -0.39 is 17.9 Å². The van der Waals surface area contributed by atoms with Crippen molar-refractivity contribution in [2.45, 2.75) is 26.4 Å². The average molecular weight is 329 g/mol. The average Bonchev–Trinajstić information content (AvgIpc) is 2.96. The van der Waals surface area contributed by atoms with Gasteiger partial charge in [0.15, 0.2) is 0 Å². The molecule has 0 unspecified atom stereocenters. The number of rotatable bonds is 5. The van der Waals surface area contributed by atoms with Gasteiger partial charge in [-0.25, -0.2) is 0 Å². The summed E-state index contributed by atoms with van der Waals surface area (Å²) < 4.78 is 1.82. The van der Waals surface area contributed by atoms with Crippen LogP contribution in [0.25, 0.3) is 0 Å². The Balaban J connectivity index is 1.80. The van der Waals surface area contributed by atoms with Crippen molar-refractivity contribution in [3.05, 3.63) is 53.3 Å². The van der Waals surface area contributed by atoms with Crippen molar-refractivity contribution in [3.63, 3.8) is 0 Å². The molecule has 3 N–H and O–H groups in total. The number of benzene rings is 1. The quantitative estimate of drug-likeness (QED) is 0.732. The van der Waals surface area contributed by atoms with Gasteiger partial charge < -0.3 is 20.3 Å². The van der Waals surface area contributed by atoms with Gasteiger partial charge >= 0.3 is 11.8 Å². The SMILES string of the molecule is Cc1ccc(NC(=O)C(=O)NCC[C@@H](O)c2cccn2C)cc1C. The molecule has 0 fully saturated rings. The predicted molar refractivity (Wildman–Crippen MR) is 92.5 cm³/mol. The van der Waals surface area contributed by atoms with Crippen LogP contribution in [-0.2, 0) is 16.6 Å². The fourth-order valence-electron chi connectivity index (χ4n) is 2.38. The molecule has 1 aromatic carbocycles. The topological polar surface area (TPSA) is 83.4 Å². The summed E-state index contributed by atoms with van der Waals surface area (Å²) in [6.45, 7) is 4.13. The van der Waals surface area contributed by atoms with Gasteiger partial charge in [-0.15, -0.1) is 0 Å². The first-order valence-corrected chi connectivity index (χ1v) is 7.84. The first kappa shape index (κ1) is 17.7. The third-order valence-electron chi connectivity index (χ3n) is 4.00. The maximum atomic E-state index is 11.9. The van der Waals surface area contributed by atoms with Crippen LogP contribution in [0.2, 0.25) is 0 Å². The Morgan fingerprint density at radius 2 is 1.92 bits per heavy atom. The van der Waals surface area contributed by atoms with Gasteiger partial charge in [0.2, 0.25) is 0 Å². The molecule has 0 spiro atoms. The van der Waals surface area contributed by atoms with Gasteiger partial charge in [0.1, 0.15) is 0 Å². The zero-order valence-corrected chi connectivity index (χ0v) is 14.2. The van der Waals surface area contributed by atoms with Gasteiger partial charge in [0.25, 0.3) is 0 Å². The molecule has 128 valence electrons. The van der Waals surface area contributed by atoms with Crippen molar-refractivity contribution in [2.75, 3.05) is 11.9 Å². The molecular formula is C18H23N3O3. The number of aromatic nitrogens is 1. The van der Waals surface area contributed by atoms with Crippen molar-refractivity contribution >= 4 is 17.5 Å². The lowest BCUT2D eigenvalue weighted by Gasteiger charge is -2.12. The molecule has 0 saturated carbocycles. The Morgan fingerprint density at radius 3 is 2.54 bits per heavy atom. The molecule has 2 aromatic rings. The van der Waals surface area contributed by atoms with E-state index in [1.807, 2.05) is 55.9 Å². The van der Waals surface area contributed by atoms with Gasteiger partial charge in [0, 0.05) is 31.2 Å². The van der Waals surface area contributed by atoms with E-state index >= 15 is 0 Å². The lowest BCUT2D eigenvalue weighted by molar-refractivity contribution is -0.136. The molecule has 0 bridgehead atoms. The van der Waals surface area contributed by atoms with Gasteiger partial charge in [0.05, 0.1) is 6.10 Å². The molecule has 2 amide bonds. The summed E-state index contributed by atoms with van der Waals surface area (Å²) >= 11 is 0. The Morgan fingerprint density at radius 1 is 1.17 bits per heavy atom. The normalized spacial score (nSPS) is 11.8. The summed E-state index contributed by atoms with van der Waals surface area (Å²) in [5, 5.41) is 15.1. The van der Waals surface area contributed by atoms with Crippen LogP contribution in [0.4, 0.5) is 5.69 Å². The summed E-state index contributed by atoms with van der Waals surface area (Å²) in [6.07, 6.45) is 1.49. The van der Waals surface area contributed by atoms with E-state index in [1.54, 1.807) is 6.07 Å². The molecule has 0 aliphatic carbocycles. The first-order valence-electron chi connectivity index (χ1n) is 7.84. The van der Waals surface area contributed by atoms with Crippen LogP contribution in [0.15, 0.2) is 36.5 Å². The van der Waals surface area contributed by atoms with E-state index in [0.29, 0.717) is 12.1 Å². The van der Waals surface area contributed by atoms with Crippen LogP contribution in [0.1, 0.15) is 29.3 Å². The first-order chi connectivity index (χ1) is 11.4. The minimum absolute atomic E-state index is 0.214. The van der Waals surface area contributed by atoms with Crippen LogP contribution in [0, 0.1) is 13.8 Å². The second kappa shape index (κ2) is 7.79. The monoisotopic (exact) mass is 329 g/mol. The lowest BCUT2D eigenvalue weighted by atomic mass is 10.1.